The number of rotatable bonds is 7. The second-order valence-corrected chi connectivity index (χ2v) is 7.72. The highest BCUT2D eigenvalue weighted by atomic mass is 32.2. The van der Waals surface area contributed by atoms with Gasteiger partial charge in [0.25, 0.3) is 0 Å². The molecule has 0 bridgehead atoms. The molecular formula is C12H17N5O2S2. The number of nitrogens with one attached hydrogen (secondary N) is 1. The van der Waals surface area contributed by atoms with E-state index < -0.39 is 10.0 Å². The second kappa shape index (κ2) is 6.92. The van der Waals surface area contributed by atoms with Crippen LogP contribution in [0.2, 0.25) is 0 Å². The summed E-state index contributed by atoms with van der Waals surface area (Å²) < 4.78 is 25.6. The third kappa shape index (κ3) is 4.45. The zero-order chi connectivity index (χ0) is 15.3. The van der Waals surface area contributed by atoms with Crippen LogP contribution < -0.4 is 5.73 Å². The van der Waals surface area contributed by atoms with E-state index in [1.165, 1.54) is 29.4 Å². The van der Waals surface area contributed by atoms with Crippen LogP contribution in [0.25, 0.3) is 0 Å². The van der Waals surface area contributed by atoms with E-state index in [-0.39, 0.29) is 12.3 Å². The quantitative estimate of drug-likeness (QED) is 0.579. The fourth-order valence-electron chi connectivity index (χ4n) is 1.64. The van der Waals surface area contributed by atoms with Crippen molar-refractivity contribution < 1.29 is 8.42 Å². The third-order valence-corrected chi connectivity index (χ3v) is 5.98. The molecule has 9 heteroatoms. The van der Waals surface area contributed by atoms with E-state index in [1.807, 2.05) is 18.2 Å². The molecule has 0 spiro atoms. The van der Waals surface area contributed by atoms with Crippen LogP contribution in [0.3, 0.4) is 0 Å². The summed E-state index contributed by atoms with van der Waals surface area (Å²) in [7, 11) is -1.81. The predicted octanol–water partition coefficient (Wildman–Crippen LogP) is 0.941. The number of benzene rings is 1. The first kappa shape index (κ1) is 15.8. The minimum atomic E-state index is -3.34. The maximum Gasteiger partial charge on any atom is 0.215 e. The van der Waals surface area contributed by atoms with Crippen molar-refractivity contribution in [2.75, 3.05) is 24.3 Å². The van der Waals surface area contributed by atoms with Gasteiger partial charge in [0.05, 0.1) is 12.3 Å². The van der Waals surface area contributed by atoms with Gasteiger partial charge in [-0.15, -0.1) is 11.8 Å². The van der Waals surface area contributed by atoms with E-state index in [0.29, 0.717) is 17.3 Å². The molecule has 3 N–H and O–H groups in total. The molecule has 0 aliphatic carbocycles. The molecule has 0 unspecified atom stereocenters. The van der Waals surface area contributed by atoms with Crippen LogP contribution in [0.1, 0.15) is 5.82 Å². The lowest BCUT2D eigenvalue weighted by atomic mass is 10.3. The summed E-state index contributed by atoms with van der Waals surface area (Å²) >= 11 is 1.43. The Morgan fingerprint density at radius 2 is 2.14 bits per heavy atom. The summed E-state index contributed by atoms with van der Waals surface area (Å²) in [6, 6.07) is 7.41. The fourth-order valence-corrected chi connectivity index (χ4v) is 4.08. The van der Waals surface area contributed by atoms with Gasteiger partial charge in [0.2, 0.25) is 10.0 Å². The maximum atomic E-state index is 12.2. The third-order valence-electron chi connectivity index (χ3n) is 2.83. The monoisotopic (exact) mass is 327 g/mol. The molecule has 114 valence electrons. The molecule has 2 aromatic rings. The number of nitrogens with zero attached hydrogens (tertiary/aromatic N) is 3. The van der Waals surface area contributed by atoms with Crippen molar-refractivity contribution in [3.8, 4) is 0 Å². The summed E-state index contributed by atoms with van der Waals surface area (Å²) in [4.78, 5) is 4.81. The van der Waals surface area contributed by atoms with Crippen molar-refractivity contribution in [1.29, 1.82) is 0 Å². The van der Waals surface area contributed by atoms with Crippen molar-refractivity contribution in [3.05, 3.63) is 36.4 Å². The number of aromatic nitrogens is 3. The van der Waals surface area contributed by atoms with Gasteiger partial charge >= 0.3 is 0 Å². The maximum absolute atomic E-state index is 12.2. The van der Waals surface area contributed by atoms with E-state index in [0.717, 1.165) is 4.90 Å². The van der Waals surface area contributed by atoms with Crippen LogP contribution >= 0.6 is 11.8 Å². The lowest BCUT2D eigenvalue weighted by molar-refractivity contribution is 0.458. The van der Waals surface area contributed by atoms with Gasteiger partial charge < -0.3 is 5.73 Å². The molecule has 0 amide bonds. The lowest BCUT2D eigenvalue weighted by Crippen LogP contribution is -2.30. The van der Waals surface area contributed by atoms with Crippen molar-refractivity contribution in [2.24, 2.45) is 0 Å². The molecule has 21 heavy (non-hydrogen) atoms. The van der Waals surface area contributed by atoms with Gasteiger partial charge in [-0.05, 0) is 12.1 Å². The molecule has 0 atom stereocenters. The highest BCUT2D eigenvalue weighted by molar-refractivity contribution is 8.00. The van der Waals surface area contributed by atoms with Crippen molar-refractivity contribution in [1.82, 2.24) is 19.5 Å². The Bertz CT molecular complexity index is 673. The van der Waals surface area contributed by atoms with E-state index in [2.05, 4.69) is 15.2 Å². The summed E-state index contributed by atoms with van der Waals surface area (Å²) in [6.45, 7) is 0.181. The topological polar surface area (TPSA) is 105 Å². The number of nitrogen functional groups attached to an aromatic ring is 1. The van der Waals surface area contributed by atoms with Crippen molar-refractivity contribution in [3.63, 3.8) is 0 Å². The number of sulfonamides is 1. The number of nitrogens with two attached hydrogens (primary N) is 1. The summed E-state index contributed by atoms with van der Waals surface area (Å²) in [6.07, 6.45) is 1.35. The molecule has 0 saturated heterocycles. The van der Waals surface area contributed by atoms with Crippen molar-refractivity contribution in [2.45, 2.75) is 11.4 Å². The van der Waals surface area contributed by atoms with E-state index in [9.17, 15) is 8.42 Å². The molecular weight excluding hydrogens is 310 g/mol. The van der Waals surface area contributed by atoms with Crippen LogP contribution in [0.4, 0.5) is 5.69 Å². The number of H-pyrrole nitrogens is 1. The Morgan fingerprint density at radius 1 is 1.38 bits per heavy atom. The Balaban J connectivity index is 1.88. The van der Waals surface area contributed by atoms with Gasteiger partial charge in [-0.1, -0.05) is 12.1 Å². The fraction of sp³-hybridized carbons (Fsp3) is 0.333. The summed E-state index contributed by atoms with van der Waals surface area (Å²) in [5.41, 5.74) is 6.48. The minimum absolute atomic E-state index is 0.0383. The molecule has 0 saturated carbocycles. The zero-order valence-electron chi connectivity index (χ0n) is 11.6. The number of aromatic amines is 1. The molecule has 7 nitrogen and oxygen atoms in total. The average Bonchev–Trinajstić information content (AvgIpc) is 2.93. The first-order valence-corrected chi connectivity index (χ1v) is 8.84. The minimum Gasteiger partial charge on any atom is -0.398 e. The van der Waals surface area contributed by atoms with Crippen LogP contribution in [0.15, 0.2) is 35.5 Å². The summed E-state index contributed by atoms with van der Waals surface area (Å²) in [5, 5.41) is 6.33. The van der Waals surface area contributed by atoms with E-state index in [1.54, 1.807) is 6.07 Å². The molecule has 0 aliphatic rings. The Kier molecular flexibility index (Phi) is 5.21. The van der Waals surface area contributed by atoms with Crippen LogP contribution in [0.5, 0.6) is 0 Å². The SMILES string of the molecule is CN(Cc1ncn[nH]1)S(=O)(=O)CCSc1ccccc1N. The molecule has 2 rings (SSSR count). The first-order chi connectivity index (χ1) is 9.99. The van der Waals surface area contributed by atoms with Crippen LogP contribution in [0, 0.1) is 0 Å². The Labute approximate surface area is 128 Å². The Hall–Kier alpha value is -1.58. The van der Waals surface area contributed by atoms with Gasteiger partial charge in [-0.25, -0.2) is 13.4 Å². The molecule has 0 fully saturated rings. The second-order valence-electron chi connectivity index (χ2n) is 4.39. The van der Waals surface area contributed by atoms with Gasteiger partial charge in [0.15, 0.2) is 0 Å². The molecule has 0 radical (unpaired) electrons. The van der Waals surface area contributed by atoms with Gasteiger partial charge in [-0.3, -0.25) is 5.10 Å². The lowest BCUT2D eigenvalue weighted by Gasteiger charge is -2.15. The molecule has 1 aromatic heterocycles. The van der Waals surface area contributed by atoms with Crippen LogP contribution in [-0.4, -0.2) is 46.5 Å². The predicted molar refractivity (Wildman–Crippen MR) is 83.2 cm³/mol. The highest BCUT2D eigenvalue weighted by Crippen LogP contribution is 2.24. The molecule has 0 aliphatic heterocycles. The zero-order valence-corrected chi connectivity index (χ0v) is 13.2. The number of thioether (sulfide) groups is 1. The molecule has 1 aromatic carbocycles. The number of anilines is 1. The van der Waals surface area contributed by atoms with Crippen molar-refractivity contribution >= 4 is 27.5 Å². The largest absolute Gasteiger partial charge is 0.398 e. The summed E-state index contributed by atoms with van der Waals surface area (Å²) in [5.74, 6) is 0.995. The van der Waals surface area contributed by atoms with Crippen LogP contribution in [-0.2, 0) is 16.6 Å². The highest BCUT2D eigenvalue weighted by Gasteiger charge is 2.19. The average molecular weight is 327 g/mol. The standard InChI is InChI=1S/C12H17N5O2S2/c1-17(8-12-14-9-15-16-12)21(18,19)7-6-20-11-5-3-2-4-10(11)13/h2-5,9H,6-8,13H2,1H3,(H,14,15,16). The van der Waals surface area contributed by atoms with E-state index in [4.69, 9.17) is 5.73 Å². The number of hydrogen-bond donors (Lipinski definition) is 2. The normalized spacial score (nSPS) is 11.9. The van der Waals surface area contributed by atoms with Gasteiger partial charge in [0.1, 0.15) is 12.2 Å². The van der Waals surface area contributed by atoms with Gasteiger partial charge in [0, 0.05) is 23.4 Å². The number of para-hydroxylation sites is 1. The Morgan fingerprint density at radius 3 is 2.81 bits per heavy atom. The van der Waals surface area contributed by atoms with Gasteiger partial charge in [-0.2, -0.15) is 9.40 Å². The molecule has 1 heterocycles. The number of hydrogen-bond acceptors (Lipinski definition) is 6. The smallest absolute Gasteiger partial charge is 0.215 e. The first-order valence-electron chi connectivity index (χ1n) is 6.24. The van der Waals surface area contributed by atoms with E-state index >= 15 is 0 Å².